The van der Waals surface area contributed by atoms with Crippen LogP contribution in [0.3, 0.4) is 0 Å². The number of aryl methyl sites for hydroxylation is 1. The van der Waals surface area contributed by atoms with Crippen LogP contribution < -0.4 is 5.32 Å². The molecule has 2 aromatic carbocycles. The molecule has 0 aliphatic carbocycles. The minimum atomic E-state index is -0.182. The Morgan fingerprint density at radius 2 is 1.90 bits per heavy atom. The fourth-order valence-electron chi connectivity index (χ4n) is 2.50. The lowest BCUT2D eigenvalue weighted by atomic mass is 9.92. The predicted octanol–water partition coefficient (Wildman–Crippen LogP) is 5.29. The van der Waals surface area contributed by atoms with Crippen molar-refractivity contribution < 1.29 is 4.39 Å². The van der Waals surface area contributed by atoms with Crippen LogP contribution in [0.1, 0.15) is 41.6 Å². The van der Waals surface area contributed by atoms with E-state index in [9.17, 15) is 4.39 Å². The number of hydrogen-bond acceptors (Lipinski definition) is 1. The van der Waals surface area contributed by atoms with Crippen molar-refractivity contribution in [3.63, 3.8) is 0 Å². The van der Waals surface area contributed by atoms with E-state index in [0.717, 1.165) is 23.0 Å². The summed E-state index contributed by atoms with van der Waals surface area (Å²) in [6.07, 6.45) is 1.01. The summed E-state index contributed by atoms with van der Waals surface area (Å²) in [6.45, 7) is 7.16. The molecule has 2 rings (SSSR count). The summed E-state index contributed by atoms with van der Waals surface area (Å²) < 4.78 is 15.1. The average molecular weight is 350 g/mol. The van der Waals surface area contributed by atoms with Crippen LogP contribution in [-0.2, 0) is 0 Å². The van der Waals surface area contributed by atoms with Crippen LogP contribution in [0.4, 0.5) is 4.39 Å². The molecule has 0 heterocycles. The molecule has 112 valence electrons. The summed E-state index contributed by atoms with van der Waals surface area (Å²) in [6, 6.07) is 11.4. The summed E-state index contributed by atoms with van der Waals surface area (Å²) in [5.41, 5.74) is 4.28. The first-order valence-corrected chi connectivity index (χ1v) is 8.08. The highest BCUT2D eigenvalue weighted by atomic mass is 79.9. The molecule has 0 amide bonds. The summed E-state index contributed by atoms with van der Waals surface area (Å²) in [5.74, 6) is -0.182. The number of benzene rings is 2. The number of halogens is 2. The van der Waals surface area contributed by atoms with Gasteiger partial charge in [-0.25, -0.2) is 4.39 Å². The SMILES string of the molecule is CCCNC(c1ccc(Br)cc1F)c1cccc(C)c1C. The molecule has 0 bridgehead atoms. The van der Waals surface area contributed by atoms with Crippen molar-refractivity contribution in [3.8, 4) is 0 Å². The van der Waals surface area contributed by atoms with Gasteiger partial charge in [0.05, 0.1) is 6.04 Å². The number of hydrogen-bond donors (Lipinski definition) is 1. The van der Waals surface area contributed by atoms with Gasteiger partial charge < -0.3 is 5.32 Å². The van der Waals surface area contributed by atoms with Crippen LogP contribution in [0.15, 0.2) is 40.9 Å². The van der Waals surface area contributed by atoms with Gasteiger partial charge in [0.25, 0.3) is 0 Å². The van der Waals surface area contributed by atoms with Gasteiger partial charge in [0.2, 0.25) is 0 Å². The van der Waals surface area contributed by atoms with Gasteiger partial charge in [-0.15, -0.1) is 0 Å². The molecule has 1 unspecified atom stereocenters. The minimum Gasteiger partial charge on any atom is -0.306 e. The first-order chi connectivity index (χ1) is 10.0. The molecular formula is C18H21BrFN. The van der Waals surface area contributed by atoms with Gasteiger partial charge in [-0.05, 0) is 55.6 Å². The Morgan fingerprint density at radius 3 is 2.57 bits per heavy atom. The summed E-state index contributed by atoms with van der Waals surface area (Å²) in [7, 11) is 0. The van der Waals surface area contributed by atoms with Gasteiger partial charge in [0.1, 0.15) is 5.82 Å². The standard InChI is InChI=1S/C18H21BrFN/c1-4-10-21-18(15-7-5-6-12(2)13(15)3)16-9-8-14(19)11-17(16)20/h5-9,11,18,21H,4,10H2,1-3H3. The van der Waals surface area contributed by atoms with E-state index >= 15 is 0 Å². The van der Waals surface area contributed by atoms with Crippen LogP contribution in [0.2, 0.25) is 0 Å². The highest BCUT2D eigenvalue weighted by Crippen LogP contribution is 2.29. The Hall–Kier alpha value is -1.19. The van der Waals surface area contributed by atoms with Crippen molar-refractivity contribution >= 4 is 15.9 Å². The van der Waals surface area contributed by atoms with Gasteiger partial charge in [-0.2, -0.15) is 0 Å². The third-order valence-corrected chi connectivity index (χ3v) is 4.32. The van der Waals surface area contributed by atoms with E-state index < -0.39 is 0 Å². The van der Waals surface area contributed by atoms with Crippen LogP contribution in [0.5, 0.6) is 0 Å². The smallest absolute Gasteiger partial charge is 0.129 e. The van der Waals surface area contributed by atoms with Crippen molar-refractivity contribution in [1.82, 2.24) is 5.32 Å². The zero-order chi connectivity index (χ0) is 15.4. The maximum Gasteiger partial charge on any atom is 0.129 e. The largest absolute Gasteiger partial charge is 0.306 e. The monoisotopic (exact) mass is 349 g/mol. The molecule has 0 aromatic heterocycles. The second-order valence-corrected chi connectivity index (χ2v) is 6.26. The van der Waals surface area contributed by atoms with Crippen molar-refractivity contribution in [1.29, 1.82) is 0 Å². The Labute approximate surface area is 134 Å². The van der Waals surface area contributed by atoms with Gasteiger partial charge in [-0.1, -0.05) is 47.1 Å². The zero-order valence-corrected chi connectivity index (χ0v) is 14.3. The number of nitrogens with one attached hydrogen (secondary N) is 1. The molecule has 0 radical (unpaired) electrons. The Morgan fingerprint density at radius 1 is 1.14 bits per heavy atom. The van der Waals surface area contributed by atoms with E-state index in [1.165, 1.54) is 17.2 Å². The van der Waals surface area contributed by atoms with Gasteiger partial charge in [0, 0.05) is 10.0 Å². The first kappa shape index (κ1) is 16.2. The van der Waals surface area contributed by atoms with Crippen LogP contribution in [-0.4, -0.2) is 6.54 Å². The van der Waals surface area contributed by atoms with Crippen LogP contribution in [0.25, 0.3) is 0 Å². The molecule has 1 atom stereocenters. The molecule has 21 heavy (non-hydrogen) atoms. The molecule has 1 nitrogen and oxygen atoms in total. The van der Waals surface area contributed by atoms with E-state index in [1.54, 1.807) is 0 Å². The molecule has 1 N–H and O–H groups in total. The Kier molecular flexibility index (Phi) is 5.54. The zero-order valence-electron chi connectivity index (χ0n) is 12.7. The molecule has 3 heteroatoms. The molecule has 0 aliphatic heterocycles. The van der Waals surface area contributed by atoms with Gasteiger partial charge in [0.15, 0.2) is 0 Å². The molecular weight excluding hydrogens is 329 g/mol. The fourth-order valence-corrected chi connectivity index (χ4v) is 2.83. The summed E-state index contributed by atoms with van der Waals surface area (Å²) in [5, 5.41) is 3.48. The maximum absolute atomic E-state index is 14.4. The van der Waals surface area contributed by atoms with Crippen molar-refractivity contribution in [2.24, 2.45) is 0 Å². The van der Waals surface area contributed by atoms with Crippen LogP contribution in [0, 0.1) is 19.7 Å². The topological polar surface area (TPSA) is 12.0 Å². The quantitative estimate of drug-likeness (QED) is 0.772. The molecule has 0 fully saturated rings. The van der Waals surface area contributed by atoms with Gasteiger partial charge in [-0.3, -0.25) is 0 Å². The first-order valence-electron chi connectivity index (χ1n) is 7.29. The predicted molar refractivity (Wildman–Crippen MR) is 90.2 cm³/mol. The maximum atomic E-state index is 14.4. The average Bonchev–Trinajstić information content (AvgIpc) is 2.45. The van der Waals surface area contributed by atoms with E-state index in [1.807, 2.05) is 18.2 Å². The second-order valence-electron chi connectivity index (χ2n) is 5.34. The summed E-state index contributed by atoms with van der Waals surface area (Å²) in [4.78, 5) is 0. The Bertz CT molecular complexity index is 625. The lowest BCUT2D eigenvalue weighted by molar-refractivity contribution is 0.544. The van der Waals surface area contributed by atoms with Crippen molar-refractivity contribution in [2.75, 3.05) is 6.54 Å². The molecule has 0 saturated carbocycles. The molecule has 2 aromatic rings. The van der Waals surface area contributed by atoms with E-state index in [0.29, 0.717) is 5.56 Å². The molecule has 0 saturated heterocycles. The van der Waals surface area contributed by atoms with Crippen LogP contribution >= 0.6 is 15.9 Å². The van der Waals surface area contributed by atoms with E-state index in [-0.39, 0.29) is 11.9 Å². The third kappa shape index (κ3) is 3.72. The minimum absolute atomic E-state index is 0.113. The highest BCUT2D eigenvalue weighted by Gasteiger charge is 2.19. The number of rotatable bonds is 5. The summed E-state index contributed by atoms with van der Waals surface area (Å²) >= 11 is 3.32. The van der Waals surface area contributed by atoms with Gasteiger partial charge >= 0.3 is 0 Å². The Balaban J connectivity index is 2.49. The lowest BCUT2D eigenvalue weighted by Gasteiger charge is -2.23. The normalized spacial score (nSPS) is 12.4. The highest BCUT2D eigenvalue weighted by molar-refractivity contribution is 9.10. The lowest BCUT2D eigenvalue weighted by Crippen LogP contribution is -2.25. The third-order valence-electron chi connectivity index (χ3n) is 3.83. The molecule has 0 aliphatic rings. The van der Waals surface area contributed by atoms with E-state index in [4.69, 9.17) is 0 Å². The van der Waals surface area contributed by atoms with Crippen molar-refractivity contribution in [2.45, 2.75) is 33.2 Å². The van der Waals surface area contributed by atoms with E-state index in [2.05, 4.69) is 54.2 Å². The molecule has 0 spiro atoms. The van der Waals surface area contributed by atoms with Crippen molar-refractivity contribution in [3.05, 3.63) is 68.9 Å². The second kappa shape index (κ2) is 7.19. The fraction of sp³-hybridized carbons (Fsp3) is 0.333.